The molecule has 0 saturated carbocycles. The van der Waals surface area contributed by atoms with E-state index in [1.165, 1.54) is 0 Å². The van der Waals surface area contributed by atoms with Crippen LogP contribution in [0.5, 0.6) is 11.5 Å². The van der Waals surface area contributed by atoms with Crippen LogP contribution < -0.4 is 4.74 Å². The molecule has 5 heteroatoms. The SMILES string of the molecule is CCCCc1cc(-c2nc(CCOc3ccc(C=O)c4ccccc34)co2)cc(CCCC)c1O. The van der Waals surface area contributed by atoms with Gasteiger partial charge in [-0.3, -0.25) is 4.79 Å². The second-order valence-corrected chi connectivity index (χ2v) is 8.91. The Morgan fingerprint density at radius 1 is 0.943 bits per heavy atom. The van der Waals surface area contributed by atoms with Gasteiger partial charge < -0.3 is 14.3 Å². The highest BCUT2D eigenvalue weighted by atomic mass is 16.5. The van der Waals surface area contributed by atoms with Crippen molar-refractivity contribution < 1.29 is 19.1 Å². The topological polar surface area (TPSA) is 72.6 Å². The van der Waals surface area contributed by atoms with Crippen LogP contribution in [0.15, 0.2) is 59.2 Å². The number of fused-ring (bicyclic) bond motifs is 1. The molecule has 0 radical (unpaired) electrons. The number of rotatable bonds is 12. The van der Waals surface area contributed by atoms with Gasteiger partial charge in [-0.05, 0) is 66.5 Å². The van der Waals surface area contributed by atoms with E-state index in [-0.39, 0.29) is 0 Å². The number of hydrogen-bond acceptors (Lipinski definition) is 5. The van der Waals surface area contributed by atoms with E-state index in [4.69, 9.17) is 14.1 Å². The third-order valence-corrected chi connectivity index (χ3v) is 6.33. The van der Waals surface area contributed by atoms with E-state index in [0.717, 1.165) is 83.7 Å². The molecule has 182 valence electrons. The number of ether oxygens (including phenoxy) is 1. The maximum absolute atomic E-state index is 11.3. The number of aromatic hydroxyl groups is 1. The highest BCUT2D eigenvalue weighted by Crippen LogP contribution is 2.32. The summed E-state index contributed by atoms with van der Waals surface area (Å²) < 4.78 is 11.9. The minimum absolute atomic E-state index is 0.420. The Balaban J connectivity index is 1.49. The number of phenols is 1. The second-order valence-electron chi connectivity index (χ2n) is 8.91. The quantitative estimate of drug-likeness (QED) is 0.219. The molecule has 4 rings (SSSR count). The van der Waals surface area contributed by atoms with E-state index < -0.39 is 0 Å². The molecule has 0 aliphatic heterocycles. The van der Waals surface area contributed by atoms with Crippen molar-refractivity contribution in [1.29, 1.82) is 0 Å². The van der Waals surface area contributed by atoms with Crippen molar-refractivity contribution in [1.82, 2.24) is 4.98 Å². The Labute approximate surface area is 206 Å². The molecule has 3 aromatic carbocycles. The fraction of sp³-hybridized carbons (Fsp3) is 0.333. The van der Waals surface area contributed by atoms with Crippen LogP contribution in [-0.4, -0.2) is 23.0 Å². The standard InChI is InChI=1S/C30H33NO4/c1-3-5-9-21-17-24(18-22(29(21)33)10-6-4-2)30-31-25(20-35-30)15-16-34-28-14-13-23(19-32)26-11-7-8-12-27(26)28/h7-8,11-14,17-20,33H,3-6,9-10,15-16H2,1-2H3. The van der Waals surface area contributed by atoms with E-state index >= 15 is 0 Å². The number of unbranched alkanes of at least 4 members (excludes halogenated alkanes) is 2. The predicted octanol–water partition coefficient (Wildman–Crippen LogP) is 7.32. The lowest BCUT2D eigenvalue weighted by Crippen LogP contribution is -2.02. The van der Waals surface area contributed by atoms with Gasteiger partial charge in [-0.25, -0.2) is 4.98 Å². The van der Waals surface area contributed by atoms with Crippen LogP contribution in [0.4, 0.5) is 0 Å². The number of hydrogen-bond donors (Lipinski definition) is 1. The first kappa shape index (κ1) is 24.5. The smallest absolute Gasteiger partial charge is 0.226 e. The van der Waals surface area contributed by atoms with Crippen LogP contribution in [0.3, 0.4) is 0 Å². The van der Waals surface area contributed by atoms with Crippen molar-refractivity contribution in [3.8, 4) is 23.0 Å². The molecule has 4 aromatic rings. The molecule has 0 saturated heterocycles. The molecule has 1 heterocycles. The molecule has 5 nitrogen and oxygen atoms in total. The fourth-order valence-electron chi connectivity index (χ4n) is 4.34. The molecule has 0 aliphatic rings. The van der Waals surface area contributed by atoms with Gasteiger partial charge in [-0.2, -0.15) is 0 Å². The Morgan fingerprint density at radius 3 is 2.29 bits per heavy atom. The Hall–Kier alpha value is -3.60. The molecule has 1 aromatic heterocycles. The van der Waals surface area contributed by atoms with Gasteiger partial charge >= 0.3 is 0 Å². The van der Waals surface area contributed by atoms with Crippen LogP contribution in [0.1, 0.15) is 66.7 Å². The number of carbonyl (C=O) groups is 1. The predicted molar refractivity (Wildman–Crippen MR) is 139 cm³/mol. The average Bonchev–Trinajstić information content (AvgIpc) is 3.36. The molecule has 0 aliphatic carbocycles. The van der Waals surface area contributed by atoms with Crippen LogP contribution in [0.2, 0.25) is 0 Å². The van der Waals surface area contributed by atoms with Gasteiger partial charge in [0, 0.05) is 22.9 Å². The van der Waals surface area contributed by atoms with Crippen molar-refractivity contribution in [2.45, 2.75) is 58.8 Å². The molecule has 0 amide bonds. The van der Waals surface area contributed by atoms with Crippen LogP contribution in [0.25, 0.3) is 22.2 Å². The number of oxazole rings is 1. The number of phenolic OH excluding ortho intramolecular Hbond substituents is 1. The summed E-state index contributed by atoms with van der Waals surface area (Å²) in [4.78, 5) is 16.0. The Bertz CT molecular complexity index is 1260. The fourth-order valence-corrected chi connectivity index (χ4v) is 4.34. The second kappa shape index (κ2) is 11.7. The number of benzene rings is 3. The van der Waals surface area contributed by atoms with Crippen molar-refractivity contribution in [2.75, 3.05) is 6.61 Å². The first-order chi connectivity index (χ1) is 17.1. The van der Waals surface area contributed by atoms with E-state index in [2.05, 4.69) is 13.8 Å². The molecule has 0 atom stereocenters. The summed E-state index contributed by atoms with van der Waals surface area (Å²) >= 11 is 0. The number of nitrogens with zero attached hydrogens (tertiary/aromatic N) is 1. The number of aromatic nitrogens is 1. The summed E-state index contributed by atoms with van der Waals surface area (Å²) in [6.07, 6.45) is 9.03. The van der Waals surface area contributed by atoms with Crippen LogP contribution in [0, 0.1) is 0 Å². The van der Waals surface area contributed by atoms with Gasteiger partial charge in [0.2, 0.25) is 5.89 Å². The summed E-state index contributed by atoms with van der Waals surface area (Å²) in [6.45, 7) is 4.75. The van der Waals surface area contributed by atoms with E-state index in [0.29, 0.717) is 30.2 Å². The first-order valence-corrected chi connectivity index (χ1v) is 12.5. The summed E-state index contributed by atoms with van der Waals surface area (Å²) in [6, 6.07) is 15.4. The third kappa shape index (κ3) is 5.73. The Kier molecular flexibility index (Phi) is 8.19. The average molecular weight is 472 g/mol. The van der Waals surface area contributed by atoms with Crippen molar-refractivity contribution in [3.63, 3.8) is 0 Å². The first-order valence-electron chi connectivity index (χ1n) is 12.5. The zero-order valence-corrected chi connectivity index (χ0v) is 20.5. The monoisotopic (exact) mass is 471 g/mol. The van der Waals surface area contributed by atoms with Gasteiger partial charge in [0.25, 0.3) is 0 Å². The summed E-state index contributed by atoms with van der Waals surface area (Å²) in [5.41, 5.74) is 4.29. The number of aldehydes is 1. The summed E-state index contributed by atoms with van der Waals surface area (Å²) in [5.74, 6) is 1.73. The lowest BCUT2D eigenvalue weighted by molar-refractivity contribution is 0.112. The van der Waals surface area contributed by atoms with Crippen LogP contribution >= 0.6 is 0 Å². The van der Waals surface area contributed by atoms with Crippen LogP contribution in [-0.2, 0) is 19.3 Å². The largest absolute Gasteiger partial charge is 0.507 e. The van der Waals surface area contributed by atoms with Crippen molar-refractivity contribution in [3.05, 3.63) is 77.2 Å². The van der Waals surface area contributed by atoms with Gasteiger partial charge in [0.1, 0.15) is 17.8 Å². The van der Waals surface area contributed by atoms with E-state index in [1.54, 1.807) is 12.3 Å². The summed E-state index contributed by atoms with van der Waals surface area (Å²) in [5, 5.41) is 12.6. The third-order valence-electron chi connectivity index (χ3n) is 6.33. The highest BCUT2D eigenvalue weighted by Gasteiger charge is 2.15. The minimum Gasteiger partial charge on any atom is -0.507 e. The van der Waals surface area contributed by atoms with Gasteiger partial charge in [-0.1, -0.05) is 51.0 Å². The van der Waals surface area contributed by atoms with Gasteiger partial charge in [0.15, 0.2) is 6.29 Å². The molecule has 0 unspecified atom stereocenters. The maximum atomic E-state index is 11.3. The molecule has 0 spiro atoms. The minimum atomic E-state index is 0.420. The molecule has 1 N–H and O–H groups in total. The molecule has 0 bridgehead atoms. The molecular formula is C30H33NO4. The van der Waals surface area contributed by atoms with Gasteiger partial charge in [-0.15, -0.1) is 0 Å². The Morgan fingerprint density at radius 2 is 1.63 bits per heavy atom. The maximum Gasteiger partial charge on any atom is 0.226 e. The lowest BCUT2D eigenvalue weighted by atomic mass is 9.97. The molecule has 0 fully saturated rings. The molecular weight excluding hydrogens is 438 g/mol. The van der Waals surface area contributed by atoms with Crippen molar-refractivity contribution in [2.24, 2.45) is 0 Å². The zero-order chi connectivity index (χ0) is 24.6. The number of aryl methyl sites for hydroxylation is 2. The van der Waals surface area contributed by atoms with E-state index in [9.17, 15) is 9.90 Å². The van der Waals surface area contributed by atoms with Crippen molar-refractivity contribution >= 4 is 17.1 Å². The normalized spacial score (nSPS) is 11.1. The number of carbonyl (C=O) groups excluding carboxylic acids is 1. The molecule has 35 heavy (non-hydrogen) atoms. The lowest BCUT2D eigenvalue weighted by Gasteiger charge is -2.12. The zero-order valence-electron chi connectivity index (χ0n) is 20.5. The summed E-state index contributed by atoms with van der Waals surface area (Å²) in [7, 11) is 0. The van der Waals surface area contributed by atoms with E-state index in [1.807, 2.05) is 42.5 Å². The van der Waals surface area contributed by atoms with Gasteiger partial charge in [0.05, 0.1) is 12.3 Å². The highest BCUT2D eigenvalue weighted by molar-refractivity contribution is 6.00.